The van der Waals surface area contributed by atoms with Crippen LogP contribution in [0.15, 0.2) is 23.2 Å². The third kappa shape index (κ3) is 4.02. The Morgan fingerprint density at radius 1 is 1.38 bits per heavy atom. The minimum absolute atomic E-state index is 0. The van der Waals surface area contributed by atoms with Crippen LogP contribution >= 0.6 is 24.0 Å². The predicted octanol–water partition coefficient (Wildman–Crippen LogP) is 2.67. The summed E-state index contributed by atoms with van der Waals surface area (Å²) >= 11 is 0. The zero-order chi connectivity index (χ0) is 13.8. The third-order valence-electron chi connectivity index (χ3n) is 4.20. The number of methoxy groups -OCH3 is 1. The number of benzene rings is 1. The van der Waals surface area contributed by atoms with Crippen molar-refractivity contribution >= 4 is 29.9 Å². The minimum atomic E-state index is 0. The van der Waals surface area contributed by atoms with Crippen molar-refractivity contribution in [1.82, 2.24) is 10.6 Å². The molecule has 5 heteroatoms. The van der Waals surface area contributed by atoms with Crippen LogP contribution in [0.25, 0.3) is 0 Å². The molecule has 0 saturated carbocycles. The van der Waals surface area contributed by atoms with Crippen LogP contribution in [0, 0.1) is 0 Å². The van der Waals surface area contributed by atoms with Gasteiger partial charge in [0.2, 0.25) is 0 Å². The number of fused-ring (bicyclic) bond motifs is 1. The van der Waals surface area contributed by atoms with Crippen molar-refractivity contribution in [2.75, 3.05) is 26.7 Å². The molecule has 2 N–H and O–H groups in total. The maximum Gasteiger partial charge on any atom is 0.191 e. The highest BCUT2D eigenvalue weighted by atomic mass is 127. The Hall–Kier alpha value is -0.980. The molecule has 1 aromatic carbocycles. The number of guanidine groups is 1. The minimum Gasteiger partial charge on any atom is -0.497 e. The van der Waals surface area contributed by atoms with Gasteiger partial charge in [-0.1, -0.05) is 6.07 Å². The second kappa shape index (κ2) is 7.87. The number of hydrogen-bond acceptors (Lipinski definition) is 4. The lowest BCUT2D eigenvalue weighted by molar-refractivity contribution is 0.412. The normalized spacial score (nSPS) is 20.4. The number of ether oxygens (including phenoxy) is 1. The molecule has 116 valence electrons. The fourth-order valence-corrected chi connectivity index (χ4v) is 3.10. The second-order valence-corrected chi connectivity index (χ2v) is 5.55. The van der Waals surface area contributed by atoms with Gasteiger partial charge in [-0.15, -0.1) is 24.0 Å². The van der Waals surface area contributed by atoms with Gasteiger partial charge in [0, 0.05) is 25.6 Å². The molecular weight excluding hydrogens is 377 g/mol. The summed E-state index contributed by atoms with van der Waals surface area (Å²) in [6, 6.07) is 6.50. The van der Waals surface area contributed by atoms with Crippen molar-refractivity contribution in [2.45, 2.75) is 31.6 Å². The van der Waals surface area contributed by atoms with E-state index in [0.717, 1.165) is 37.8 Å². The molecule has 0 spiro atoms. The highest BCUT2D eigenvalue weighted by Gasteiger charge is 2.21. The van der Waals surface area contributed by atoms with Crippen LogP contribution in [0.1, 0.15) is 36.3 Å². The average Bonchev–Trinajstić information content (AvgIpc) is 2.53. The summed E-state index contributed by atoms with van der Waals surface area (Å²) in [5.41, 5.74) is 2.92. The molecule has 1 aromatic rings. The Labute approximate surface area is 143 Å². The number of aryl methyl sites for hydroxylation is 1. The summed E-state index contributed by atoms with van der Waals surface area (Å²) < 4.78 is 5.33. The number of hydrogen-bond donors (Lipinski definition) is 2. The van der Waals surface area contributed by atoms with Crippen LogP contribution < -0.4 is 15.4 Å². The summed E-state index contributed by atoms with van der Waals surface area (Å²) in [7, 11) is 1.73. The molecule has 1 heterocycles. The van der Waals surface area contributed by atoms with Gasteiger partial charge in [0.15, 0.2) is 5.96 Å². The Morgan fingerprint density at radius 2 is 2.29 bits per heavy atom. The summed E-state index contributed by atoms with van der Waals surface area (Å²) in [5, 5.41) is 6.79. The van der Waals surface area contributed by atoms with E-state index in [9.17, 15) is 0 Å². The van der Waals surface area contributed by atoms with E-state index in [4.69, 9.17) is 4.74 Å². The van der Waals surface area contributed by atoms with E-state index in [1.54, 1.807) is 7.11 Å². The van der Waals surface area contributed by atoms with Crippen molar-refractivity contribution in [3.05, 3.63) is 29.3 Å². The van der Waals surface area contributed by atoms with Crippen molar-refractivity contribution in [2.24, 2.45) is 4.99 Å². The van der Waals surface area contributed by atoms with E-state index in [1.807, 2.05) is 0 Å². The van der Waals surface area contributed by atoms with Crippen LogP contribution in [0.2, 0.25) is 0 Å². The van der Waals surface area contributed by atoms with E-state index < -0.39 is 0 Å². The first-order valence-corrected chi connectivity index (χ1v) is 7.56. The second-order valence-electron chi connectivity index (χ2n) is 5.55. The van der Waals surface area contributed by atoms with Crippen molar-refractivity contribution in [3.8, 4) is 5.75 Å². The standard InChI is InChI=1S/C16H23N3O.HI/c1-20-14-6-7-15-12(10-14)4-2-5-13(15)11-19-16-17-8-3-9-18-16;/h6-7,10,13H,2-5,8-9,11H2,1H3,(H2,17,18,19);1H. The highest BCUT2D eigenvalue weighted by Crippen LogP contribution is 2.33. The number of nitrogens with zero attached hydrogens (tertiary/aromatic N) is 1. The Kier molecular flexibility index (Phi) is 6.14. The van der Waals surface area contributed by atoms with Gasteiger partial charge in [-0.2, -0.15) is 0 Å². The van der Waals surface area contributed by atoms with E-state index >= 15 is 0 Å². The third-order valence-corrected chi connectivity index (χ3v) is 4.20. The van der Waals surface area contributed by atoms with Gasteiger partial charge in [-0.3, -0.25) is 4.99 Å². The van der Waals surface area contributed by atoms with Crippen LogP contribution in [0.5, 0.6) is 5.75 Å². The lowest BCUT2D eigenvalue weighted by Gasteiger charge is -2.27. The summed E-state index contributed by atoms with van der Waals surface area (Å²) in [4.78, 5) is 4.47. The van der Waals surface area contributed by atoms with E-state index in [-0.39, 0.29) is 24.0 Å². The fourth-order valence-electron chi connectivity index (χ4n) is 3.10. The molecule has 0 amide bonds. The monoisotopic (exact) mass is 401 g/mol. The first-order valence-electron chi connectivity index (χ1n) is 7.56. The van der Waals surface area contributed by atoms with Crippen LogP contribution in [-0.2, 0) is 6.42 Å². The van der Waals surface area contributed by atoms with Gasteiger partial charge in [-0.25, -0.2) is 0 Å². The van der Waals surface area contributed by atoms with Crippen LogP contribution in [-0.4, -0.2) is 32.7 Å². The average molecular weight is 401 g/mol. The number of nitrogens with one attached hydrogen (secondary N) is 2. The largest absolute Gasteiger partial charge is 0.497 e. The van der Waals surface area contributed by atoms with Crippen LogP contribution in [0.4, 0.5) is 0 Å². The highest BCUT2D eigenvalue weighted by molar-refractivity contribution is 14.0. The van der Waals surface area contributed by atoms with Gasteiger partial charge in [0.1, 0.15) is 5.75 Å². The first-order chi connectivity index (χ1) is 9.86. The van der Waals surface area contributed by atoms with Crippen molar-refractivity contribution in [1.29, 1.82) is 0 Å². The summed E-state index contributed by atoms with van der Waals surface area (Å²) in [6.07, 6.45) is 4.81. The molecule has 0 saturated heterocycles. The molecule has 3 rings (SSSR count). The molecule has 1 atom stereocenters. The zero-order valence-electron chi connectivity index (χ0n) is 12.5. The molecule has 4 nitrogen and oxygen atoms in total. The quantitative estimate of drug-likeness (QED) is 0.766. The SMILES string of the molecule is COc1ccc2c(c1)CCCC2CNC1=NCCCN1.I. The smallest absolute Gasteiger partial charge is 0.191 e. The van der Waals surface area contributed by atoms with Gasteiger partial charge in [0.25, 0.3) is 0 Å². The molecule has 2 aliphatic rings. The maximum absolute atomic E-state index is 5.33. The van der Waals surface area contributed by atoms with E-state index in [1.165, 1.54) is 30.4 Å². The molecular formula is C16H24IN3O. The van der Waals surface area contributed by atoms with Crippen molar-refractivity contribution in [3.63, 3.8) is 0 Å². The first kappa shape index (κ1) is 16.4. The Bertz CT molecular complexity index is 504. The zero-order valence-corrected chi connectivity index (χ0v) is 14.9. The Balaban J connectivity index is 0.00000161. The fraction of sp³-hybridized carbons (Fsp3) is 0.562. The lowest BCUT2D eigenvalue weighted by atomic mass is 9.82. The lowest BCUT2D eigenvalue weighted by Crippen LogP contribution is -2.42. The van der Waals surface area contributed by atoms with E-state index in [0.29, 0.717) is 5.92 Å². The summed E-state index contributed by atoms with van der Waals surface area (Å²) in [5.74, 6) is 2.52. The number of rotatable bonds is 3. The molecule has 0 aromatic heterocycles. The maximum atomic E-state index is 5.33. The molecule has 1 aliphatic carbocycles. The van der Waals surface area contributed by atoms with Crippen molar-refractivity contribution < 1.29 is 4.74 Å². The molecule has 1 unspecified atom stereocenters. The number of halogens is 1. The predicted molar refractivity (Wildman–Crippen MR) is 97.0 cm³/mol. The van der Waals surface area contributed by atoms with Gasteiger partial charge >= 0.3 is 0 Å². The summed E-state index contributed by atoms with van der Waals surface area (Å²) in [6.45, 7) is 2.93. The molecule has 0 bridgehead atoms. The van der Waals surface area contributed by atoms with E-state index in [2.05, 4.69) is 33.8 Å². The molecule has 0 fully saturated rings. The van der Waals surface area contributed by atoms with Crippen LogP contribution in [0.3, 0.4) is 0 Å². The molecule has 0 radical (unpaired) electrons. The topological polar surface area (TPSA) is 45.6 Å². The molecule has 21 heavy (non-hydrogen) atoms. The Morgan fingerprint density at radius 3 is 3.05 bits per heavy atom. The van der Waals surface area contributed by atoms with Gasteiger partial charge in [-0.05, 0) is 48.9 Å². The number of aliphatic imine (C=N–C) groups is 1. The molecule has 1 aliphatic heterocycles. The van der Waals surface area contributed by atoms with Gasteiger partial charge in [0.05, 0.1) is 7.11 Å². The van der Waals surface area contributed by atoms with Gasteiger partial charge < -0.3 is 15.4 Å².